The lowest BCUT2D eigenvalue weighted by molar-refractivity contribution is -0.132. The molecule has 8 nitrogen and oxygen atoms in total. The van der Waals surface area contributed by atoms with E-state index in [1.807, 2.05) is 18.2 Å². The average Bonchev–Trinajstić information content (AvgIpc) is 2.99. The summed E-state index contributed by atoms with van der Waals surface area (Å²) < 4.78 is 0. The van der Waals surface area contributed by atoms with Crippen LogP contribution in [-0.4, -0.2) is 59.6 Å². The number of nitriles is 1. The Morgan fingerprint density at radius 1 is 1.10 bits per heavy atom. The minimum atomic E-state index is -1.12. The number of nitrogens with zero attached hydrogens (tertiary/aromatic N) is 5. The second-order valence-electron chi connectivity index (χ2n) is 7.41. The highest BCUT2D eigenvalue weighted by Gasteiger charge is 2.49. The lowest BCUT2D eigenvalue weighted by Crippen LogP contribution is -2.51. The lowest BCUT2D eigenvalue weighted by atomic mass is 9.91. The molecule has 148 valence electrons. The Morgan fingerprint density at radius 3 is 2.45 bits per heavy atom. The van der Waals surface area contributed by atoms with Gasteiger partial charge in [-0.05, 0) is 36.8 Å². The molecule has 1 N–H and O–H groups in total. The standard InChI is InChI=1S/C21H22N6O2/c1-21(17-7-5-16(14-22)6-8-17)19(28)27(20(29)24-21)15-25-10-12-26(13-11-25)18-4-2-3-9-23-18/h2-9H,10-13,15H2,1H3,(H,24,29)/t21-/m0/s1. The summed E-state index contributed by atoms with van der Waals surface area (Å²) in [5, 5.41) is 11.8. The second kappa shape index (κ2) is 7.53. The van der Waals surface area contributed by atoms with Gasteiger partial charge in [-0.15, -0.1) is 0 Å². The van der Waals surface area contributed by atoms with E-state index in [2.05, 4.69) is 26.2 Å². The van der Waals surface area contributed by atoms with E-state index in [9.17, 15) is 9.59 Å². The molecule has 0 bridgehead atoms. The Kier molecular flexibility index (Phi) is 4.91. The zero-order valence-corrected chi connectivity index (χ0v) is 16.2. The van der Waals surface area contributed by atoms with Gasteiger partial charge in [0.1, 0.15) is 11.4 Å². The quantitative estimate of drug-likeness (QED) is 0.796. The van der Waals surface area contributed by atoms with Crippen LogP contribution in [0.4, 0.5) is 10.6 Å². The van der Waals surface area contributed by atoms with Gasteiger partial charge in [0.2, 0.25) is 0 Å². The summed E-state index contributed by atoms with van der Waals surface area (Å²) in [6.07, 6.45) is 1.78. The number of carbonyl (C=O) groups is 2. The number of nitrogens with one attached hydrogen (secondary N) is 1. The highest BCUT2D eigenvalue weighted by Crippen LogP contribution is 2.29. The smallest absolute Gasteiger partial charge is 0.326 e. The largest absolute Gasteiger partial charge is 0.354 e. The highest BCUT2D eigenvalue weighted by molar-refractivity contribution is 6.07. The van der Waals surface area contributed by atoms with E-state index in [4.69, 9.17) is 5.26 Å². The molecule has 2 aliphatic rings. The van der Waals surface area contributed by atoms with Crippen molar-refractivity contribution in [3.63, 3.8) is 0 Å². The minimum Gasteiger partial charge on any atom is -0.354 e. The molecule has 3 amide bonds. The number of pyridine rings is 1. The van der Waals surface area contributed by atoms with E-state index in [1.54, 1.807) is 37.4 Å². The molecule has 8 heteroatoms. The number of hydrogen-bond acceptors (Lipinski definition) is 6. The molecule has 0 aliphatic carbocycles. The number of aromatic nitrogens is 1. The van der Waals surface area contributed by atoms with Crippen LogP contribution < -0.4 is 10.2 Å². The van der Waals surface area contributed by atoms with Crippen LogP contribution in [0.5, 0.6) is 0 Å². The van der Waals surface area contributed by atoms with Crippen molar-refractivity contribution in [1.82, 2.24) is 20.1 Å². The Bertz CT molecular complexity index is 947. The predicted octanol–water partition coefficient (Wildman–Crippen LogP) is 1.50. The first kappa shape index (κ1) is 18.9. The molecule has 2 fully saturated rings. The zero-order valence-electron chi connectivity index (χ0n) is 16.2. The Hall–Kier alpha value is -3.44. The van der Waals surface area contributed by atoms with E-state index in [-0.39, 0.29) is 12.6 Å². The molecular formula is C21H22N6O2. The molecule has 3 heterocycles. The molecule has 1 aromatic carbocycles. The number of benzene rings is 1. The van der Waals surface area contributed by atoms with Gasteiger partial charge in [-0.25, -0.2) is 14.7 Å². The van der Waals surface area contributed by atoms with E-state index in [0.29, 0.717) is 11.1 Å². The van der Waals surface area contributed by atoms with Crippen LogP contribution in [-0.2, 0) is 10.3 Å². The molecule has 1 atom stereocenters. The topological polar surface area (TPSA) is 92.6 Å². The third-order valence-electron chi connectivity index (χ3n) is 5.55. The number of imide groups is 1. The Balaban J connectivity index is 1.41. The SMILES string of the molecule is C[C@@]1(c2ccc(C#N)cc2)NC(=O)N(CN2CCN(c3ccccn3)CC2)C1=O. The molecule has 1 aromatic heterocycles. The third-order valence-corrected chi connectivity index (χ3v) is 5.55. The van der Waals surface area contributed by atoms with E-state index < -0.39 is 11.6 Å². The highest BCUT2D eigenvalue weighted by atomic mass is 16.2. The van der Waals surface area contributed by atoms with Crippen LogP contribution in [0.1, 0.15) is 18.1 Å². The van der Waals surface area contributed by atoms with Crippen LogP contribution >= 0.6 is 0 Å². The van der Waals surface area contributed by atoms with Crippen LogP contribution in [0.15, 0.2) is 48.7 Å². The fourth-order valence-corrected chi connectivity index (χ4v) is 3.76. The van der Waals surface area contributed by atoms with E-state index in [0.717, 1.165) is 32.0 Å². The molecule has 0 unspecified atom stereocenters. The Morgan fingerprint density at radius 2 is 1.83 bits per heavy atom. The van der Waals surface area contributed by atoms with Crippen LogP contribution in [0.2, 0.25) is 0 Å². The minimum absolute atomic E-state index is 0.257. The number of carbonyl (C=O) groups excluding carboxylic acids is 2. The van der Waals surface area contributed by atoms with Gasteiger partial charge < -0.3 is 10.2 Å². The monoisotopic (exact) mass is 390 g/mol. The molecule has 29 heavy (non-hydrogen) atoms. The molecular weight excluding hydrogens is 368 g/mol. The summed E-state index contributed by atoms with van der Waals surface area (Å²) in [5.41, 5.74) is 0.0509. The first-order valence-corrected chi connectivity index (χ1v) is 9.54. The van der Waals surface area contributed by atoms with Gasteiger partial charge in [-0.2, -0.15) is 5.26 Å². The predicted molar refractivity (Wildman–Crippen MR) is 107 cm³/mol. The average molecular weight is 390 g/mol. The third kappa shape index (κ3) is 3.52. The van der Waals surface area contributed by atoms with Crippen molar-refractivity contribution in [2.24, 2.45) is 0 Å². The maximum Gasteiger partial charge on any atom is 0.326 e. The summed E-state index contributed by atoms with van der Waals surface area (Å²) in [5.74, 6) is 0.662. The summed E-state index contributed by atoms with van der Waals surface area (Å²) >= 11 is 0. The first-order chi connectivity index (χ1) is 14.0. The van der Waals surface area contributed by atoms with Gasteiger partial charge in [0, 0.05) is 32.4 Å². The number of urea groups is 1. The number of amides is 3. The van der Waals surface area contributed by atoms with Gasteiger partial charge in [0.25, 0.3) is 5.91 Å². The van der Waals surface area contributed by atoms with Crippen molar-refractivity contribution in [2.45, 2.75) is 12.5 Å². The summed E-state index contributed by atoms with van der Waals surface area (Å²) in [7, 11) is 0. The molecule has 0 radical (unpaired) electrons. The van der Waals surface area contributed by atoms with Crippen LogP contribution in [0, 0.1) is 11.3 Å². The fraction of sp³-hybridized carbons (Fsp3) is 0.333. The molecule has 4 rings (SSSR count). The molecule has 2 saturated heterocycles. The number of hydrogen-bond donors (Lipinski definition) is 1. The van der Waals surface area contributed by atoms with Crippen molar-refractivity contribution < 1.29 is 9.59 Å². The van der Waals surface area contributed by atoms with E-state index in [1.165, 1.54) is 4.90 Å². The Labute approximate surface area is 169 Å². The van der Waals surface area contributed by atoms with Crippen molar-refractivity contribution in [3.8, 4) is 6.07 Å². The lowest BCUT2D eigenvalue weighted by Gasteiger charge is -2.36. The van der Waals surface area contributed by atoms with Gasteiger partial charge in [-0.1, -0.05) is 18.2 Å². The van der Waals surface area contributed by atoms with Gasteiger partial charge in [-0.3, -0.25) is 9.69 Å². The number of rotatable bonds is 4. The van der Waals surface area contributed by atoms with Crippen LogP contribution in [0.3, 0.4) is 0 Å². The maximum atomic E-state index is 13.1. The maximum absolute atomic E-state index is 13.1. The van der Waals surface area contributed by atoms with Crippen molar-refractivity contribution in [3.05, 3.63) is 59.8 Å². The molecule has 0 saturated carbocycles. The zero-order chi connectivity index (χ0) is 20.4. The second-order valence-corrected chi connectivity index (χ2v) is 7.41. The number of anilines is 1. The first-order valence-electron chi connectivity index (χ1n) is 9.54. The van der Waals surface area contributed by atoms with Crippen molar-refractivity contribution in [1.29, 1.82) is 5.26 Å². The van der Waals surface area contributed by atoms with E-state index >= 15 is 0 Å². The molecule has 0 spiro atoms. The summed E-state index contributed by atoms with van der Waals surface area (Å²) in [6, 6.07) is 14.2. The van der Waals surface area contributed by atoms with Crippen molar-refractivity contribution >= 4 is 17.8 Å². The normalized spacial score (nSPS) is 22.5. The molecule has 2 aromatic rings. The van der Waals surface area contributed by atoms with Gasteiger partial charge >= 0.3 is 6.03 Å². The summed E-state index contributed by atoms with van der Waals surface area (Å²) in [4.78, 5) is 35.6. The number of piperazine rings is 1. The summed E-state index contributed by atoms with van der Waals surface area (Å²) in [6.45, 7) is 5.00. The van der Waals surface area contributed by atoms with Crippen LogP contribution in [0.25, 0.3) is 0 Å². The molecule has 2 aliphatic heterocycles. The fourth-order valence-electron chi connectivity index (χ4n) is 3.76. The van der Waals surface area contributed by atoms with Gasteiger partial charge in [0.15, 0.2) is 0 Å². The van der Waals surface area contributed by atoms with Crippen molar-refractivity contribution in [2.75, 3.05) is 37.7 Å². The van der Waals surface area contributed by atoms with Gasteiger partial charge in [0.05, 0.1) is 18.3 Å².